The number of nitrogens with one attached hydrogen (secondary N) is 3. The highest BCUT2D eigenvalue weighted by atomic mass is 32.2. The van der Waals surface area contributed by atoms with Gasteiger partial charge in [0.15, 0.2) is 6.54 Å². The number of carbonyl (C=O) groups excluding carboxylic acids is 2. The van der Waals surface area contributed by atoms with Crippen LogP contribution in [0.5, 0.6) is 0 Å². The summed E-state index contributed by atoms with van der Waals surface area (Å²) in [7, 11) is -3.52. The van der Waals surface area contributed by atoms with Crippen LogP contribution in [0.25, 0.3) is 0 Å². The summed E-state index contributed by atoms with van der Waals surface area (Å²) < 4.78 is 27.3. The van der Waals surface area contributed by atoms with Gasteiger partial charge in [0.2, 0.25) is 15.9 Å². The summed E-state index contributed by atoms with van der Waals surface area (Å²) in [4.78, 5) is 24.7. The van der Waals surface area contributed by atoms with E-state index >= 15 is 0 Å². The topological polar surface area (TPSA) is 100 Å². The van der Waals surface area contributed by atoms with Crippen molar-refractivity contribution in [3.8, 4) is 0 Å². The molecule has 162 valence electrons. The normalized spacial score (nSPS) is 16.9. The minimum atomic E-state index is -3.52. The van der Waals surface area contributed by atoms with Crippen LogP contribution in [0.2, 0.25) is 0 Å². The molecule has 1 saturated heterocycles. The predicted molar refractivity (Wildman–Crippen MR) is 111 cm³/mol. The Morgan fingerprint density at radius 3 is 2.24 bits per heavy atom. The van der Waals surface area contributed by atoms with Crippen molar-refractivity contribution in [1.82, 2.24) is 14.9 Å². The van der Waals surface area contributed by atoms with E-state index in [2.05, 4.69) is 24.5 Å². The Morgan fingerprint density at radius 1 is 1.07 bits per heavy atom. The summed E-state index contributed by atoms with van der Waals surface area (Å²) >= 11 is 0. The van der Waals surface area contributed by atoms with Crippen LogP contribution in [0.1, 0.15) is 38.7 Å². The first-order valence-corrected chi connectivity index (χ1v) is 11.7. The van der Waals surface area contributed by atoms with Gasteiger partial charge in [-0.2, -0.15) is 4.31 Å². The van der Waals surface area contributed by atoms with Gasteiger partial charge in [0.05, 0.1) is 37.6 Å². The molecule has 2 amide bonds. The van der Waals surface area contributed by atoms with Crippen LogP contribution in [-0.4, -0.2) is 70.4 Å². The van der Waals surface area contributed by atoms with Gasteiger partial charge in [-0.3, -0.25) is 9.59 Å². The largest absolute Gasteiger partial charge is 0.355 e. The SMILES string of the molecule is CCNC(=O)CNC(=O)C[NH+]1CCN(S(=O)(=O)c2ccc([C@H](C)CC)cc2)CC1. The van der Waals surface area contributed by atoms with Crippen molar-refractivity contribution in [2.75, 3.05) is 45.8 Å². The fraction of sp³-hybridized carbons (Fsp3) is 0.600. The highest BCUT2D eigenvalue weighted by molar-refractivity contribution is 7.89. The van der Waals surface area contributed by atoms with Gasteiger partial charge in [-0.1, -0.05) is 26.0 Å². The highest BCUT2D eigenvalue weighted by Crippen LogP contribution is 2.22. The second kappa shape index (κ2) is 10.7. The number of piperazine rings is 1. The number of carbonyl (C=O) groups is 2. The number of nitrogens with zero attached hydrogens (tertiary/aromatic N) is 1. The van der Waals surface area contributed by atoms with E-state index in [4.69, 9.17) is 0 Å². The second-order valence-electron chi connectivity index (χ2n) is 7.44. The lowest BCUT2D eigenvalue weighted by Gasteiger charge is -2.31. The Balaban J connectivity index is 1.86. The van der Waals surface area contributed by atoms with Crippen molar-refractivity contribution in [3.05, 3.63) is 29.8 Å². The molecule has 0 aliphatic carbocycles. The van der Waals surface area contributed by atoms with E-state index < -0.39 is 10.0 Å². The highest BCUT2D eigenvalue weighted by Gasteiger charge is 2.31. The van der Waals surface area contributed by atoms with Gasteiger partial charge >= 0.3 is 0 Å². The third kappa shape index (κ3) is 6.52. The van der Waals surface area contributed by atoms with Crippen LogP contribution < -0.4 is 15.5 Å². The van der Waals surface area contributed by atoms with E-state index in [0.717, 1.165) is 16.9 Å². The maximum absolute atomic E-state index is 12.9. The zero-order valence-electron chi connectivity index (χ0n) is 17.5. The number of quaternary nitrogens is 1. The van der Waals surface area contributed by atoms with E-state index in [1.807, 2.05) is 19.1 Å². The van der Waals surface area contributed by atoms with Crippen molar-refractivity contribution in [2.24, 2.45) is 0 Å². The lowest BCUT2D eigenvalue weighted by Crippen LogP contribution is -3.15. The molecule has 1 aliphatic heterocycles. The van der Waals surface area contributed by atoms with Crippen molar-refractivity contribution in [3.63, 3.8) is 0 Å². The summed E-state index contributed by atoms with van der Waals surface area (Å²) in [6.45, 7) is 8.62. The molecule has 2 rings (SSSR count). The van der Waals surface area contributed by atoms with Crippen molar-refractivity contribution >= 4 is 21.8 Å². The minimum Gasteiger partial charge on any atom is -0.355 e. The number of rotatable bonds is 9. The molecule has 0 bridgehead atoms. The Labute approximate surface area is 173 Å². The number of benzene rings is 1. The summed E-state index contributed by atoms with van der Waals surface area (Å²) in [5, 5.41) is 5.22. The van der Waals surface area contributed by atoms with Gasteiger partial charge in [0.25, 0.3) is 5.91 Å². The number of likely N-dealkylation sites (N-methyl/N-ethyl adjacent to an activating group) is 1. The maximum atomic E-state index is 12.9. The Hall–Kier alpha value is -1.97. The number of hydrogen-bond donors (Lipinski definition) is 3. The van der Waals surface area contributed by atoms with Gasteiger partial charge in [-0.25, -0.2) is 8.42 Å². The molecule has 1 aromatic carbocycles. The van der Waals surface area contributed by atoms with Crippen LogP contribution in [0, 0.1) is 0 Å². The van der Waals surface area contributed by atoms with E-state index in [1.165, 1.54) is 4.31 Å². The molecule has 1 fully saturated rings. The molecule has 1 aliphatic rings. The smallest absolute Gasteiger partial charge is 0.275 e. The number of sulfonamides is 1. The molecular formula is C20H33N4O4S+. The van der Waals surface area contributed by atoms with Crippen molar-refractivity contribution < 1.29 is 22.9 Å². The number of hydrogen-bond acceptors (Lipinski definition) is 4. The molecule has 1 aromatic rings. The molecule has 1 heterocycles. The molecule has 29 heavy (non-hydrogen) atoms. The monoisotopic (exact) mass is 425 g/mol. The molecule has 8 nitrogen and oxygen atoms in total. The third-order valence-corrected chi connectivity index (χ3v) is 7.27. The van der Waals surface area contributed by atoms with Crippen LogP contribution in [0.4, 0.5) is 0 Å². The quantitative estimate of drug-likeness (QED) is 0.489. The summed E-state index contributed by atoms with van der Waals surface area (Å²) in [5.41, 5.74) is 1.14. The summed E-state index contributed by atoms with van der Waals surface area (Å²) in [5.74, 6) is -0.0209. The predicted octanol–water partition coefficient (Wildman–Crippen LogP) is -0.658. The van der Waals surface area contributed by atoms with Crippen molar-refractivity contribution in [2.45, 2.75) is 38.0 Å². The van der Waals surface area contributed by atoms with Crippen LogP contribution in [0.15, 0.2) is 29.2 Å². The zero-order chi connectivity index (χ0) is 21.4. The average Bonchev–Trinajstić information content (AvgIpc) is 2.72. The molecule has 0 spiro atoms. The molecular weight excluding hydrogens is 392 g/mol. The van der Waals surface area contributed by atoms with E-state index in [1.54, 1.807) is 12.1 Å². The van der Waals surface area contributed by atoms with Gasteiger partial charge < -0.3 is 15.5 Å². The first kappa shape index (κ1) is 23.3. The first-order chi connectivity index (χ1) is 13.8. The van der Waals surface area contributed by atoms with Crippen LogP contribution >= 0.6 is 0 Å². The first-order valence-electron chi connectivity index (χ1n) is 10.2. The van der Waals surface area contributed by atoms with Crippen molar-refractivity contribution in [1.29, 1.82) is 0 Å². The molecule has 0 aromatic heterocycles. The minimum absolute atomic E-state index is 0.0346. The number of amides is 2. The molecule has 9 heteroatoms. The fourth-order valence-corrected chi connectivity index (χ4v) is 4.74. The lowest BCUT2D eigenvalue weighted by atomic mass is 9.99. The Morgan fingerprint density at radius 2 is 1.69 bits per heavy atom. The molecule has 1 atom stereocenters. The van der Waals surface area contributed by atoms with Crippen LogP contribution in [-0.2, 0) is 19.6 Å². The second-order valence-corrected chi connectivity index (χ2v) is 9.38. The van der Waals surface area contributed by atoms with E-state index in [-0.39, 0.29) is 24.9 Å². The molecule has 3 N–H and O–H groups in total. The summed E-state index contributed by atoms with van der Waals surface area (Å²) in [6.07, 6.45) is 1.01. The average molecular weight is 426 g/mol. The Kier molecular flexibility index (Phi) is 8.60. The van der Waals surface area contributed by atoms with E-state index in [9.17, 15) is 18.0 Å². The van der Waals surface area contributed by atoms with Gasteiger partial charge in [0.1, 0.15) is 0 Å². The summed E-state index contributed by atoms with van der Waals surface area (Å²) in [6, 6.07) is 7.15. The molecule has 0 saturated carbocycles. The maximum Gasteiger partial charge on any atom is 0.275 e. The molecule has 0 unspecified atom stereocenters. The van der Waals surface area contributed by atoms with E-state index in [0.29, 0.717) is 43.5 Å². The zero-order valence-corrected chi connectivity index (χ0v) is 18.3. The van der Waals surface area contributed by atoms with Gasteiger partial charge in [0, 0.05) is 6.54 Å². The lowest BCUT2D eigenvalue weighted by molar-refractivity contribution is -0.895. The van der Waals surface area contributed by atoms with Gasteiger partial charge in [-0.15, -0.1) is 0 Å². The third-order valence-electron chi connectivity index (χ3n) is 5.36. The van der Waals surface area contributed by atoms with Gasteiger partial charge in [-0.05, 0) is 37.0 Å². The van der Waals surface area contributed by atoms with Crippen LogP contribution in [0.3, 0.4) is 0 Å². The fourth-order valence-electron chi connectivity index (χ4n) is 3.30. The standard InChI is InChI=1S/C20H32N4O4S/c1-4-16(3)17-6-8-18(9-7-17)29(27,28)24-12-10-23(11-13-24)15-20(26)22-14-19(25)21-5-2/h6-9,16H,4-5,10-15H2,1-3H3,(H,21,25)(H,22,26)/p+1/t16-/m1/s1. The Bertz CT molecular complexity index is 787. The molecule has 0 radical (unpaired) electrons.